The van der Waals surface area contributed by atoms with Crippen molar-refractivity contribution < 1.29 is 9.26 Å². The Balaban J connectivity index is 1.74. The normalized spacial score (nSPS) is 10.5. The molecule has 96 valence electrons. The van der Waals surface area contributed by atoms with Gasteiger partial charge in [0.1, 0.15) is 5.75 Å². The fourth-order valence-corrected chi connectivity index (χ4v) is 1.65. The van der Waals surface area contributed by atoms with Gasteiger partial charge < -0.3 is 14.6 Å². The first-order chi connectivity index (χ1) is 8.88. The van der Waals surface area contributed by atoms with E-state index in [1.54, 1.807) is 0 Å². The third-order valence-electron chi connectivity index (χ3n) is 2.47. The molecule has 0 saturated carbocycles. The molecule has 0 aliphatic heterocycles. The van der Waals surface area contributed by atoms with E-state index < -0.39 is 0 Å². The van der Waals surface area contributed by atoms with Gasteiger partial charge in [0.25, 0.3) is 0 Å². The number of benzene rings is 1. The van der Waals surface area contributed by atoms with Crippen LogP contribution in [-0.2, 0) is 13.0 Å². The van der Waals surface area contributed by atoms with Crippen molar-refractivity contribution in [1.29, 1.82) is 0 Å². The molecule has 0 aliphatic rings. The Morgan fingerprint density at radius 2 is 2.33 bits per heavy atom. The van der Waals surface area contributed by atoms with Crippen LogP contribution in [0, 0.1) is 0 Å². The lowest BCUT2D eigenvalue weighted by Gasteiger charge is -2.06. The summed E-state index contributed by atoms with van der Waals surface area (Å²) in [6, 6.07) is 8.09. The summed E-state index contributed by atoms with van der Waals surface area (Å²) >= 11 is 0. The predicted octanol–water partition coefficient (Wildman–Crippen LogP) is 1.80. The van der Waals surface area contributed by atoms with Gasteiger partial charge in [0, 0.05) is 19.5 Å². The van der Waals surface area contributed by atoms with Crippen LogP contribution in [0.5, 0.6) is 5.75 Å². The molecule has 0 fully saturated rings. The van der Waals surface area contributed by atoms with Crippen LogP contribution < -0.4 is 10.1 Å². The smallest absolute Gasteiger partial charge is 0.213 e. The van der Waals surface area contributed by atoms with Crippen LogP contribution >= 0.6 is 0 Å². The molecule has 0 unspecified atom stereocenters. The van der Waals surface area contributed by atoms with Crippen LogP contribution in [0.25, 0.3) is 0 Å². The molecule has 2 rings (SSSR count). The molecule has 0 amide bonds. The van der Waals surface area contributed by atoms with Gasteiger partial charge in [-0.1, -0.05) is 17.3 Å². The Morgan fingerprint density at radius 1 is 1.39 bits per heavy atom. The quantitative estimate of drug-likeness (QED) is 0.756. The molecule has 1 aromatic carbocycles. The Morgan fingerprint density at radius 3 is 3.11 bits per heavy atom. The summed E-state index contributed by atoms with van der Waals surface area (Å²) < 4.78 is 10.1. The third kappa shape index (κ3) is 3.85. The van der Waals surface area contributed by atoms with Gasteiger partial charge in [-0.05, 0) is 24.6 Å². The molecule has 1 aromatic heterocycles. The second kappa shape index (κ2) is 6.76. The molecule has 0 spiro atoms. The highest BCUT2D eigenvalue weighted by Gasteiger charge is 1.99. The summed E-state index contributed by atoms with van der Waals surface area (Å²) in [5.41, 5.74) is 1.20. The lowest BCUT2D eigenvalue weighted by atomic mass is 10.2. The van der Waals surface area contributed by atoms with Gasteiger partial charge in [-0.15, -0.1) is 0 Å². The summed E-state index contributed by atoms with van der Waals surface area (Å²) in [5, 5.41) is 7.09. The predicted molar refractivity (Wildman–Crippen MR) is 67.3 cm³/mol. The van der Waals surface area contributed by atoms with Crippen LogP contribution in [0.2, 0.25) is 0 Å². The summed E-state index contributed by atoms with van der Waals surface area (Å²) in [6.07, 6.45) is 2.11. The largest absolute Gasteiger partial charge is 0.494 e. The van der Waals surface area contributed by atoms with Gasteiger partial charge in [-0.25, -0.2) is 0 Å². The topological polar surface area (TPSA) is 60.2 Å². The van der Waals surface area contributed by atoms with E-state index in [4.69, 9.17) is 4.74 Å². The van der Waals surface area contributed by atoms with Crippen molar-refractivity contribution >= 4 is 0 Å². The van der Waals surface area contributed by atoms with Crippen LogP contribution in [0.15, 0.2) is 35.2 Å². The SMILES string of the molecule is CCOc1cccc(CNCCc2ncon2)c1. The highest BCUT2D eigenvalue weighted by atomic mass is 16.5. The van der Waals surface area contributed by atoms with Gasteiger partial charge in [0.05, 0.1) is 6.61 Å². The number of aromatic nitrogens is 2. The highest BCUT2D eigenvalue weighted by molar-refractivity contribution is 5.28. The maximum atomic E-state index is 5.45. The number of nitrogens with zero attached hydrogens (tertiary/aromatic N) is 2. The molecular weight excluding hydrogens is 230 g/mol. The Labute approximate surface area is 106 Å². The highest BCUT2D eigenvalue weighted by Crippen LogP contribution is 2.12. The molecule has 5 nitrogen and oxygen atoms in total. The van der Waals surface area contributed by atoms with Gasteiger partial charge >= 0.3 is 0 Å². The monoisotopic (exact) mass is 247 g/mol. The number of rotatable bonds is 7. The van der Waals surface area contributed by atoms with Crippen LogP contribution in [0.4, 0.5) is 0 Å². The van der Waals surface area contributed by atoms with E-state index >= 15 is 0 Å². The summed E-state index contributed by atoms with van der Waals surface area (Å²) in [4.78, 5) is 3.96. The number of nitrogens with one attached hydrogen (secondary N) is 1. The maximum absolute atomic E-state index is 5.45. The number of hydrogen-bond donors (Lipinski definition) is 1. The third-order valence-corrected chi connectivity index (χ3v) is 2.47. The lowest BCUT2D eigenvalue weighted by Crippen LogP contribution is -2.17. The molecule has 18 heavy (non-hydrogen) atoms. The van der Waals surface area contributed by atoms with E-state index in [-0.39, 0.29) is 0 Å². The Kier molecular flexibility index (Phi) is 4.72. The average molecular weight is 247 g/mol. The standard InChI is InChI=1S/C13H17N3O2/c1-2-17-12-5-3-4-11(8-12)9-14-7-6-13-15-10-18-16-13/h3-5,8,10,14H,2,6-7,9H2,1H3. The Bertz CT molecular complexity index is 457. The number of ether oxygens (including phenoxy) is 1. The van der Waals surface area contributed by atoms with Crippen molar-refractivity contribution in [3.63, 3.8) is 0 Å². The second-order valence-electron chi connectivity index (χ2n) is 3.85. The van der Waals surface area contributed by atoms with Crippen molar-refractivity contribution in [2.45, 2.75) is 19.9 Å². The molecule has 1 N–H and O–H groups in total. The average Bonchev–Trinajstić information content (AvgIpc) is 2.89. The van der Waals surface area contributed by atoms with Crippen molar-refractivity contribution in [1.82, 2.24) is 15.5 Å². The van der Waals surface area contributed by atoms with E-state index in [0.717, 1.165) is 31.1 Å². The van der Waals surface area contributed by atoms with E-state index in [2.05, 4.69) is 26.0 Å². The van der Waals surface area contributed by atoms with E-state index in [1.807, 2.05) is 25.1 Å². The fraction of sp³-hybridized carbons (Fsp3) is 0.385. The van der Waals surface area contributed by atoms with Crippen molar-refractivity contribution in [2.75, 3.05) is 13.2 Å². The Hall–Kier alpha value is -1.88. The van der Waals surface area contributed by atoms with Gasteiger partial charge in [0.2, 0.25) is 6.39 Å². The minimum atomic E-state index is 0.689. The molecule has 0 atom stereocenters. The van der Waals surface area contributed by atoms with Gasteiger partial charge in [-0.3, -0.25) is 0 Å². The summed E-state index contributed by atoms with van der Waals surface area (Å²) in [6.45, 7) is 4.29. The molecule has 0 saturated heterocycles. The van der Waals surface area contributed by atoms with Crippen LogP contribution in [-0.4, -0.2) is 23.3 Å². The minimum Gasteiger partial charge on any atom is -0.494 e. The fourth-order valence-electron chi connectivity index (χ4n) is 1.65. The van der Waals surface area contributed by atoms with Crippen molar-refractivity contribution in [2.24, 2.45) is 0 Å². The number of hydrogen-bond acceptors (Lipinski definition) is 5. The molecule has 0 aliphatic carbocycles. The van der Waals surface area contributed by atoms with Gasteiger partial charge in [0.15, 0.2) is 5.82 Å². The first-order valence-electron chi connectivity index (χ1n) is 6.06. The van der Waals surface area contributed by atoms with Crippen molar-refractivity contribution in [3.05, 3.63) is 42.0 Å². The molecule has 1 heterocycles. The first-order valence-corrected chi connectivity index (χ1v) is 6.06. The maximum Gasteiger partial charge on any atom is 0.213 e. The van der Waals surface area contributed by atoms with Crippen LogP contribution in [0.1, 0.15) is 18.3 Å². The van der Waals surface area contributed by atoms with Crippen molar-refractivity contribution in [3.8, 4) is 5.75 Å². The first kappa shape index (κ1) is 12.6. The van der Waals surface area contributed by atoms with E-state index in [0.29, 0.717) is 6.61 Å². The second-order valence-corrected chi connectivity index (χ2v) is 3.85. The van der Waals surface area contributed by atoms with Gasteiger partial charge in [-0.2, -0.15) is 4.98 Å². The summed E-state index contributed by atoms with van der Waals surface area (Å²) in [5.74, 6) is 1.64. The lowest BCUT2D eigenvalue weighted by molar-refractivity contribution is 0.340. The van der Waals surface area contributed by atoms with E-state index in [9.17, 15) is 0 Å². The minimum absolute atomic E-state index is 0.689. The zero-order chi connectivity index (χ0) is 12.6. The zero-order valence-corrected chi connectivity index (χ0v) is 10.4. The molecular formula is C13H17N3O2. The molecule has 2 aromatic rings. The molecule has 5 heteroatoms. The van der Waals surface area contributed by atoms with Crippen LogP contribution in [0.3, 0.4) is 0 Å². The summed E-state index contributed by atoms with van der Waals surface area (Å²) in [7, 11) is 0. The zero-order valence-electron chi connectivity index (χ0n) is 10.4. The molecule has 0 bridgehead atoms. The molecule has 0 radical (unpaired) electrons. The van der Waals surface area contributed by atoms with E-state index in [1.165, 1.54) is 12.0 Å².